The molecule has 0 radical (unpaired) electrons. The second-order valence-electron chi connectivity index (χ2n) is 6.65. The Morgan fingerprint density at radius 3 is 2.33 bits per heavy atom. The van der Waals surface area contributed by atoms with Gasteiger partial charge in [0.1, 0.15) is 5.52 Å². The first-order valence-corrected chi connectivity index (χ1v) is 8.76. The first-order valence-electron chi connectivity index (χ1n) is 8.76. The van der Waals surface area contributed by atoms with Crippen molar-refractivity contribution < 1.29 is 0 Å². The van der Waals surface area contributed by atoms with E-state index in [9.17, 15) is 0 Å². The fraction of sp³-hybridized carbons (Fsp3) is 0.300. The van der Waals surface area contributed by atoms with Crippen LogP contribution in [0.3, 0.4) is 0 Å². The third-order valence-corrected chi connectivity index (χ3v) is 5.05. The summed E-state index contributed by atoms with van der Waals surface area (Å²) in [6.45, 7) is 3.25. The van der Waals surface area contributed by atoms with Crippen LogP contribution in [0.4, 0.5) is 0 Å². The topological polar surface area (TPSA) is 34.0 Å². The molecule has 120 valence electrons. The third-order valence-electron chi connectivity index (χ3n) is 5.05. The average Bonchev–Trinajstić information content (AvgIpc) is 2.94. The number of likely N-dealkylation sites (tertiary alicyclic amines) is 1. The van der Waals surface area contributed by atoms with Crippen molar-refractivity contribution in [2.45, 2.75) is 25.9 Å². The lowest BCUT2D eigenvalue weighted by molar-refractivity contribution is 0.187. The maximum Gasteiger partial charge on any atom is 0.161 e. The Labute approximate surface area is 140 Å². The van der Waals surface area contributed by atoms with Gasteiger partial charge in [0.05, 0.1) is 23.2 Å². The van der Waals surface area contributed by atoms with Crippen LogP contribution in [-0.2, 0) is 6.67 Å². The van der Waals surface area contributed by atoms with Crippen LogP contribution in [0.2, 0.25) is 0 Å². The number of piperidine rings is 1. The van der Waals surface area contributed by atoms with Crippen molar-refractivity contribution in [3.63, 3.8) is 0 Å². The summed E-state index contributed by atoms with van der Waals surface area (Å²) in [4.78, 5) is 12.4. The van der Waals surface area contributed by atoms with Crippen molar-refractivity contribution in [2.24, 2.45) is 0 Å². The van der Waals surface area contributed by atoms with Gasteiger partial charge in [0.2, 0.25) is 0 Å². The predicted octanol–water partition coefficient (Wildman–Crippen LogP) is 4.18. The quantitative estimate of drug-likeness (QED) is 0.556. The molecule has 0 unspecified atom stereocenters. The van der Waals surface area contributed by atoms with Gasteiger partial charge in [0.15, 0.2) is 5.65 Å². The van der Waals surface area contributed by atoms with E-state index in [2.05, 4.69) is 33.7 Å². The normalized spacial score (nSPS) is 16.3. The van der Waals surface area contributed by atoms with Gasteiger partial charge in [-0.1, -0.05) is 36.8 Å². The number of aromatic nitrogens is 3. The molecule has 2 aromatic carbocycles. The summed E-state index contributed by atoms with van der Waals surface area (Å²) in [5, 5.41) is 1.20. The Morgan fingerprint density at radius 1 is 0.792 bits per heavy atom. The lowest BCUT2D eigenvalue weighted by atomic mass is 10.1. The van der Waals surface area contributed by atoms with Crippen LogP contribution < -0.4 is 0 Å². The van der Waals surface area contributed by atoms with Crippen LogP contribution in [0.25, 0.3) is 33.1 Å². The first-order chi connectivity index (χ1) is 11.9. The van der Waals surface area contributed by atoms with Crippen LogP contribution in [-0.4, -0.2) is 32.5 Å². The second-order valence-corrected chi connectivity index (χ2v) is 6.65. The van der Waals surface area contributed by atoms with E-state index in [0.717, 1.165) is 28.9 Å². The average molecular weight is 316 g/mol. The maximum absolute atomic E-state index is 4.95. The van der Waals surface area contributed by atoms with E-state index >= 15 is 0 Å². The van der Waals surface area contributed by atoms with E-state index in [-0.39, 0.29) is 0 Å². The fourth-order valence-electron chi connectivity index (χ4n) is 3.83. The van der Waals surface area contributed by atoms with Crippen molar-refractivity contribution in [1.82, 2.24) is 19.4 Å². The van der Waals surface area contributed by atoms with E-state index in [1.807, 2.05) is 24.3 Å². The number of benzene rings is 2. The van der Waals surface area contributed by atoms with Crippen LogP contribution in [0, 0.1) is 0 Å². The van der Waals surface area contributed by atoms with Gasteiger partial charge in [-0.3, -0.25) is 4.90 Å². The van der Waals surface area contributed by atoms with Gasteiger partial charge in [-0.2, -0.15) is 0 Å². The summed E-state index contributed by atoms with van der Waals surface area (Å²) in [6, 6.07) is 16.7. The first kappa shape index (κ1) is 13.9. The summed E-state index contributed by atoms with van der Waals surface area (Å²) in [7, 11) is 0. The van der Waals surface area contributed by atoms with Gasteiger partial charge in [-0.05, 0) is 44.1 Å². The van der Waals surface area contributed by atoms with Crippen molar-refractivity contribution in [3.05, 3.63) is 48.5 Å². The molecule has 0 saturated carbocycles. The number of nitrogens with zero attached hydrogens (tertiary/aromatic N) is 4. The molecule has 0 spiro atoms. The smallest absolute Gasteiger partial charge is 0.161 e. The zero-order valence-corrected chi connectivity index (χ0v) is 13.7. The van der Waals surface area contributed by atoms with Gasteiger partial charge in [-0.15, -0.1) is 0 Å². The highest BCUT2D eigenvalue weighted by molar-refractivity contribution is 6.06. The summed E-state index contributed by atoms with van der Waals surface area (Å²) < 4.78 is 2.34. The molecule has 0 amide bonds. The summed E-state index contributed by atoms with van der Waals surface area (Å²) >= 11 is 0. The highest BCUT2D eigenvalue weighted by Gasteiger charge is 2.17. The van der Waals surface area contributed by atoms with Gasteiger partial charge >= 0.3 is 0 Å². The number of rotatable bonds is 2. The highest BCUT2D eigenvalue weighted by atomic mass is 15.3. The van der Waals surface area contributed by atoms with Gasteiger partial charge in [0.25, 0.3) is 0 Å². The number of para-hydroxylation sites is 3. The van der Waals surface area contributed by atoms with Crippen LogP contribution >= 0.6 is 0 Å². The monoisotopic (exact) mass is 316 g/mol. The number of hydrogen-bond acceptors (Lipinski definition) is 3. The Hall–Kier alpha value is -2.46. The SMILES string of the molecule is c1ccc2nc3c(nc2c1)c1ccccc1n3CN1CCCCC1. The second kappa shape index (κ2) is 5.56. The van der Waals surface area contributed by atoms with E-state index in [1.165, 1.54) is 43.3 Å². The molecule has 5 rings (SSSR count). The van der Waals surface area contributed by atoms with Gasteiger partial charge in [0, 0.05) is 5.39 Å². The molecule has 0 N–H and O–H groups in total. The minimum absolute atomic E-state index is 0.900. The minimum atomic E-state index is 0.900. The Morgan fingerprint density at radius 2 is 1.50 bits per heavy atom. The van der Waals surface area contributed by atoms with Crippen LogP contribution in [0.15, 0.2) is 48.5 Å². The molecular formula is C20H20N4. The molecule has 3 heterocycles. The molecular weight excluding hydrogens is 296 g/mol. The van der Waals surface area contributed by atoms with E-state index in [1.54, 1.807) is 0 Å². The van der Waals surface area contributed by atoms with Crippen molar-refractivity contribution in [3.8, 4) is 0 Å². The van der Waals surface area contributed by atoms with Gasteiger partial charge in [-0.25, -0.2) is 9.97 Å². The highest BCUT2D eigenvalue weighted by Crippen LogP contribution is 2.28. The Bertz CT molecular complexity index is 1030. The summed E-state index contributed by atoms with van der Waals surface area (Å²) in [5.41, 5.74) is 5.17. The molecule has 4 aromatic rings. The van der Waals surface area contributed by atoms with E-state index < -0.39 is 0 Å². The molecule has 1 aliphatic rings. The van der Waals surface area contributed by atoms with Crippen molar-refractivity contribution >= 4 is 33.1 Å². The molecule has 2 aromatic heterocycles. The van der Waals surface area contributed by atoms with E-state index in [0.29, 0.717) is 0 Å². The Balaban J connectivity index is 1.76. The number of fused-ring (bicyclic) bond motifs is 4. The van der Waals surface area contributed by atoms with Gasteiger partial charge < -0.3 is 4.57 Å². The summed E-state index contributed by atoms with van der Waals surface area (Å²) in [5.74, 6) is 0. The molecule has 24 heavy (non-hydrogen) atoms. The Kier molecular flexibility index (Phi) is 3.23. The van der Waals surface area contributed by atoms with Crippen LogP contribution in [0.1, 0.15) is 19.3 Å². The molecule has 4 heteroatoms. The number of hydrogen-bond donors (Lipinski definition) is 0. The zero-order chi connectivity index (χ0) is 15.9. The molecule has 1 aliphatic heterocycles. The lowest BCUT2D eigenvalue weighted by Gasteiger charge is -2.27. The van der Waals surface area contributed by atoms with E-state index in [4.69, 9.17) is 9.97 Å². The molecule has 1 saturated heterocycles. The lowest BCUT2D eigenvalue weighted by Crippen LogP contribution is -2.31. The maximum atomic E-state index is 4.95. The molecule has 4 nitrogen and oxygen atoms in total. The van der Waals surface area contributed by atoms with Crippen LogP contribution in [0.5, 0.6) is 0 Å². The minimum Gasteiger partial charge on any atom is -0.310 e. The summed E-state index contributed by atoms with van der Waals surface area (Å²) in [6.07, 6.45) is 3.95. The van der Waals surface area contributed by atoms with Crippen molar-refractivity contribution in [1.29, 1.82) is 0 Å². The molecule has 0 atom stereocenters. The molecule has 1 fully saturated rings. The standard InChI is InChI=1S/C20H20N4/c1-6-12-23(13-7-1)14-24-18-11-5-2-8-15(18)19-20(24)22-17-10-4-3-9-16(17)21-19/h2-5,8-11H,1,6-7,12-14H2. The fourth-order valence-corrected chi connectivity index (χ4v) is 3.83. The molecule has 0 aliphatic carbocycles. The van der Waals surface area contributed by atoms with Crippen molar-refractivity contribution in [2.75, 3.05) is 13.1 Å². The zero-order valence-electron chi connectivity index (χ0n) is 13.7. The predicted molar refractivity (Wildman–Crippen MR) is 98.0 cm³/mol. The molecule has 0 bridgehead atoms. The third kappa shape index (κ3) is 2.18. The largest absolute Gasteiger partial charge is 0.310 e.